The Labute approximate surface area is 64.5 Å². The molecular formula is C8H9NO2. The summed E-state index contributed by atoms with van der Waals surface area (Å²) < 4.78 is 0. The van der Waals surface area contributed by atoms with Gasteiger partial charge in [0.1, 0.15) is 18.3 Å². The molecule has 0 bridgehead atoms. The minimum Gasteiger partial charge on any atom is -0.629 e. The van der Waals surface area contributed by atoms with Crippen LogP contribution in [0.2, 0.25) is 0 Å². The second-order valence-electron chi connectivity index (χ2n) is 2.73. The average molecular weight is 151 g/mol. The zero-order valence-corrected chi connectivity index (χ0v) is 5.95. The number of hydroxylamine groups is 1. The quantitative estimate of drug-likeness (QED) is 0.502. The molecule has 3 nitrogen and oxygen atoms in total. The fraction of sp³-hybridized carbons (Fsp3) is 0.250. The summed E-state index contributed by atoms with van der Waals surface area (Å²) in [6.45, 7) is 0.249. The fourth-order valence-corrected chi connectivity index (χ4v) is 1.44. The van der Waals surface area contributed by atoms with Crippen LogP contribution in [-0.2, 0) is 0 Å². The second kappa shape index (κ2) is 2.30. The van der Waals surface area contributed by atoms with E-state index >= 15 is 0 Å². The molecule has 2 rings (SSSR count). The molecule has 2 unspecified atom stereocenters. The summed E-state index contributed by atoms with van der Waals surface area (Å²) in [7, 11) is 0. The zero-order valence-electron chi connectivity index (χ0n) is 5.95. The highest BCUT2D eigenvalue weighted by Crippen LogP contribution is 2.22. The van der Waals surface area contributed by atoms with E-state index in [0.29, 0.717) is 5.69 Å². The third kappa shape index (κ3) is 0.939. The van der Waals surface area contributed by atoms with E-state index in [1.807, 2.05) is 12.1 Å². The number of hydrogen-bond acceptors (Lipinski definition) is 2. The zero-order chi connectivity index (χ0) is 7.84. The lowest BCUT2D eigenvalue weighted by Crippen LogP contribution is -3.00. The molecule has 0 fully saturated rings. The lowest BCUT2D eigenvalue weighted by Gasteiger charge is -2.14. The van der Waals surface area contributed by atoms with E-state index in [9.17, 15) is 10.3 Å². The van der Waals surface area contributed by atoms with Crippen molar-refractivity contribution in [1.82, 2.24) is 0 Å². The predicted octanol–water partition coefficient (Wildman–Crippen LogP) is -0.252. The third-order valence-electron chi connectivity index (χ3n) is 2.00. The van der Waals surface area contributed by atoms with Gasteiger partial charge in [0, 0.05) is 5.56 Å². The second-order valence-corrected chi connectivity index (χ2v) is 2.73. The van der Waals surface area contributed by atoms with Gasteiger partial charge in [-0.25, -0.2) is 0 Å². The van der Waals surface area contributed by atoms with Gasteiger partial charge in [0.2, 0.25) is 0 Å². The lowest BCUT2D eigenvalue weighted by atomic mass is 10.1. The summed E-state index contributed by atoms with van der Waals surface area (Å²) in [4.78, 5) is 0. The number of aliphatic hydroxyl groups excluding tert-OH is 1. The summed E-state index contributed by atoms with van der Waals surface area (Å²) in [5.41, 5.74) is 1.46. The fourth-order valence-electron chi connectivity index (χ4n) is 1.44. The summed E-state index contributed by atoms with van der Waals surface area (Å²) >= 11 is 0. The first-order valence-electron chi connectivity index (χ1n) is 3.59. The Bertz CT molecular complexity index is 248. The molecule has 11 heavy (non-hydrogen) atoms. The first-order chi connectivity index (χ1) is 5.29. The molecule has 0 aromatic heterocycles. The van der Waals surface area contributed by atoms with Crippen LogP contribution in [0.15, 0.2) is 24.3 Å². The largest absolute Gasteiger partial charge is 0.629 e. The molecule has 3 heteroatoms. The van der Waals surface area contributed by atoms with E-state index in [4.69, 9.17) is 0 Å². The van der Waals surface area contributed by atoms with Crippen molar-refractivity contribution in [3.63, 3.8) is 0 Å². The molecule has 58 valence electrons. The number of fused-ring (bicyclic) bond motifs is 1. The molecule has 0 aliphatic carbocycles. The van der Waals surface area contributed by atoms with E-state index in [1.165, 1.54) is 0 Å². The molecule has 0 saturated carbocycles. The maximum Gasteiger partial charge on any atom is 0.137 e. The predicted molar refractivity (Wildman–Crippen MR) is 40.3 cm³/mol. The maximum atomic E-state index is 11.1. The smallest absolute Gasteiger partial charge is 0.137 e. The molecule has 1 aliphatic rings. The molecule has 1 aromatic rings. The number of aliphatic hydroxyl groups is 1. The first kappa shape index (κ1) is 6.79. The molecule has 0 spiro atoms. The van der Waals surface area contributed by atoms with Crippen molar-refractivity contribution in [1.29, 1.82) is 0 Å². The third-order valence-corrected chi connectivity index (χ3v) is 2.00. The number of quaternary nitrogens is 1. The van der Waals surface area contributed by atoms with Crippen LogP contribution >= 0.6 is 0 Å². The van der Waals surface area contributed by atoms with Gasteiger partial charge >= 0.3 is 0 Å². The minimum absolute atomic E-state index is 0.0492. The Morgan fingerprint density at radius 2 is 2.18 bits per heavy atom. The Morgan fingerprint density at radius 3 is 2.91 bits per heavy atom. The van der Waals surface area contributed by atoms with Crippen LogP contribution in [0.25, 0.3) is 0 Å². The van der Waals surface area contributed by atoms with Gasteiger partial charge in [0.25, 0.3) is 0 Å². The van der Waals surface area contributed by atoms with E-state index in [-0.39, 0.29) is 11.6 Å². The van der Waals surface area contributed by atoms with Crippen LogP contribution in [0.3, 0.4) is 0 Å². The standard InChI is InChI=1S/C8H9NO2/c10-8-5-9(11)7-4-2-1-3-6(7)8/h1-4,8-10H,5H2. The van der Waals surface area contributed by atoms with E-state index in [0.717, 1.165) is 5.56 Å². The first-order valence-corrected chi connectivity index (χ1v) is 3.59. The van der Waals surface area contributed by atoms with Gasteiger partial charge in [0.05, 0.1) is 0 Å². The van der Waals surface area contributed by atoms with Crippen molar-refractivity contribution in [2.24, 2.45) is 0 Å². The van der Waals surface area contributed by atoms with Crippen LogP contribution in [-0.4, -0.2) is 11.7 Å². The number of rotatable bonds is 0. The van der Waals surface area contributed by atoms with Crippen molar-refractivity contribution in [2.45, 2.75) is 6.10 Å². The van der Waals surface area contributed by atoms with Gasteiger partial charge < -0.3 is 15.4 Å². The molecule has 0 amide bonds. The normalized spacial score (nSPS) is 28.5. The highest BCUT2D eigenvalue weighted by molar-refractivity contribution is 5.43. The van der Waals surface area contributed by atoms with Gasteiger partial charge in [0.15, 0.2) is 0 Å². The van der Waals surface area contributed by atoms with Gasteiger partial charge in [-0.15, -0.1) is 0 Å². The average Bonchev–Trinajstić information content (AvgIpc) is 2.30. The minimum atomic E-state index is -0.571. The summed E-state index contributed by atoms with van der Waals surface area (Å²) in [6, 6.07) is 7.20. The van der Waals surface area contributed by atoms with Crippen molar-refractivity contribution in [3.8, 4) is 0 Å². The lowest BCUT2D eigenvalue weighted by molar-refractivity contribution is -0.773. The van der Waals surface area contributed by atoms with Crippen LogP contribution in [0.5, 0.6) is 0 Å². The van der Waals surface area contributed by atoms with Gasteiger partial charge in [-0.1, -0.05) is 18.2 Å². The van der Waals surface area contributed by atoms with E-state index in [2.05, 4.69) is 0 Å². The highest BCUT2D eigenvalue weighted by Gasteiger charge is 2.26. The molecule has 1 heterocycles. The topological polar surface area (TPSA) is 47.7 Å². The Balaban J connectivity index is 2.52. The van der Waals surface area contributed by atoms with E-state index in [1.54, 1.807) is 12.1 Å². The number of nitrogens with one attached hydrogen (secondary N) is 1. The Kier molecular flexibility index (Phi) is 1.42. The van der Waals surface area contributed by atoms with Gasteiger partial charge in [-0.2, -0.15) is 0 Å². The van der Waals surface area contributed by atoms with Crippen molar-refractivity contribution in [3.05, 3.63) is 35.0 Å². The molecule has 1 aliphatic heterocycles. The molecule has 0 saturated heterocycles. The SMILES string of the molecule is [O-][NH+]1CC(O)c2ccccc21. The van der Waals surface area contributed by atoms with Crippen LogP contribution < -0.4 is 5.06 Å². The Hall–Kier alpha value is -0.900. The summed E-state index contributed by atoms with van der Waals surface area (Å²) in [5.74, 6) is 0. The van der Waals surface area contributed by atoms with Gasteiger partial charge in [-0.05, 0) is 6.07 Å². The van der Waals surface area contributed by atoms with Crippen LogP contribution in [0.1, 0.15) is 11.7 Å². The van der Waals surface area contributed by atoms with E-state index < -0.39 is 6.10 Å². The molecule has 2 atom stereocenters. The van der Waals surface area contributed by atoms with Crippen molar-refractivity contribution >= 4 is 5.69 Å². The van der Waals surface area contributed by atoms with Gasteiger partial charge in [-0.3, -0.25) is 0 Å². The highest BCUT2D eigenvalue weighted by atomic mass is 16.5. The van der Waals surface area contributed by atoms with Crippen LogP contribution in [0, 0.1) is 5.21 Å². The molecule has 1 aromatic carbocycles. The van der Waals surface area contributed by atoms with Crippen molar-refractivity contribution < 1.29 is 10.2 Å². The molecular weight excluding hydrogens is 142 g/mol. The number of para-hydroxylation sites is 1. The summed E-state index contributed by atoms with van der Waals surface area (Å²) in [5, 5.41) is 20.5. The van der Waals surface area contributed by atoms with Crippen molar-refractivity contribution in [2.75, 3.05) is 6.54 Å². The molecule has 0 radical (unpaired) electrons. The maximum absolute atomic E-state index is 11.1. The summed E-state index contributed by atoms with van der Waals surface area (Å²) in [6.07, 6.45) is -0.571. The molecule has 2 N–H and O–H groups in total. The Morgan fingerprint density at radius 1 is 1.45 bits per heavy atom. The number of hydrogen-bond donors (Lipinski definition) is 2. The monoisotopic (exact) mass is 151 g/mol. The number of benzene rings is 1. The van der Waals surface area contributed by atoms with Crippen LogP contribution in [0.4, 0.5) is 5.69 Å².